The lowest BCUT2D eigenvalue weighted by Gasteiger charge is -2.36. The molecule has 0 bridgehead atoms. The third-order valence-corrected chi connectivity index (χ3v) is 3.67. The Morgan fingerprint density at radius 2 is 2.22 bits per heavy atom. The Kier molecular flexibility index (Phi) is 2.27. The van der Waals surface area contributed by atoms with Crippen LogP contribution in [0.2, 0.25) is 0 Å². The second-order valence-corrected chi connectivity index (χ2v) is 4.84. The average Bonchev–Trinajstić information content (AvgIpc) is 2.67. The Morgan fingerprint density at radius 3 is 2.83 bits per heavy atom. The summed E-state index contributed by atoms with van der Waals surface area (Å²) in [5.74, 6) is -0.659. The standard InChI is InChI=1S/C13H12FN3O/c14-11-5-8(17-13(7-15)2-1-3-13)4-9-10(11)6-16-12(9)18/h4-5,17H,1-3,6H2,(H,16,18). The van der Waals surface area contributed by atoms with Crippen LogP contribution in [0.15, 0.2) is 12.1 Å². The molecule has 3 rings (SSSR count). The number of fused-ring (bicyclic) bond motifs is 1. The highest BCUT2D eigenvalue weighted by molar-refractivity contribution is 5.99. The van der Waals surface area contributed by atoms with Gasteiger partial charge in [-0.1, -0.05) is 0 Å². The lowest BCUT2D eigenvalue weighted by molar-refractivity contribution is 0.0966. The van der Waals surface area contributed by atoms with Crippen LogP contribution in [0, 0.1) is 17.1 Å². The molecule has 4 nitrogen and oxygen atoms in total. The van der Waals surface area contributed by atoms with E-state index < -0.39 is 11.4 Å². The second-order valence-electron chi connectivity index (χ2n) is 4.84. The summed E-state index contributed by atoms with van der Waals surface area (Å²) in [6.45, 7) is 0.240. The molecule has 1 fully saturated rings. The van der Waals surface area contributed by atoms with Crippen LogP contribution in [0.3, 0.4) is 0 Å². The number of benzene rings is 1. The van der Waals surface area contributed by atoms with Crippen molar-refractivity contribution < 1.29 is 9.18 Å². The van der Waals surface area contributed by atoms with Crippen molar-refractivity contribution in [2.45, 2.75) is 31.3 Å². The van der Waals surface area contributed by atoms with E-state index in [2.05, 4.69) is 16.7 Å². The van der Waals surface area contributed by atoms with E-state index in [1.165, 1.54) is 6.07 Å². The van der Waals surface area contributed by atoms with Crippen molar-refractivity contribution >= 4 is 11.6 Å². The number of nitriles is 1. The van der Waals surface area contributed by atoms with Gasteiger partial charge in [0.15, 0.2) is 0 Å². The summed E-state index contributed by atoms with van der Waals surface area (Å²) in [5.41, 5.74) is 0.690. The van der Waals surface area contributed by atoms with Gasteiger partial charge in [0.25, 0.3) is 5.91 Å². The van der Waals surface area contributed by atoms with Gasteiger partial charge < -0.3 is 10.6 Å². The Labute approximate surface area is 104 Å². The molecular weight excluding hydrogens is 233 g/mol. The molecule has 1 aromatic rings. The number of carbonyl (C=O) groups excluding carboxylic acids is 1. The van der Waals surface area contributed by atoms with Crippen molar-refractivity contribution in [3.63, 3.8) is 0 Å². The Balaban J connectivity index is 1.95. The molecule has 2 N–H and O–H groups in total. The number of nitrogens with zero attached hydrogens (tertiary/aromatic N) is 1. The van der Waals surface area contributed by atoms with Crippen LogP contribution in [0.1, 0.15) is 35.2 Å². The minimum Gasteiger partial charge on any atom is -0.367 e. The van der Waals surface area contributed by atoms with Crippen molar-refractivity contribution in [3.8, 4) is 6.07 Å². The van der Waals surface area contributed by atoms with Gasteiger partial charge >= 0.3 is 0 Å². The van der Waals surface area contributed by atoms with Gasteiger partial charge in [0.2, 0.25) is 0 Å². The zero-order chi connectivity index (χ0) is 12.8. The molecule has 0 aromatic heterocycles. The predicted molar refractivity (Wildman–Crippen MR) is 63.4 cm³/mol. The normalized spacial score (nSPS) is 19.4. The van der Waals surface area contributed by atoms with Crippen LogP contribution >= 0.6 is 0 Å². The summed E-state index contributed by atoms with van der Waals surface area (Å²) in [4.78, 5) is 11.5. The third kappa shape index (κ3) is 1.53. The average molecular weight is 245 g/mol. The maximum atomic E-state index is 13.8. The first-order chi connectivity index (χ1) is 8.63. The summed E-state index contributed by atoms with van der Waals surface area (Å²) in [5, 5.41) is 14.8. The number of anilines is 1. The first-order valence-corrected chi connectivity index (χ1v) is 5.94. The van der Waals surface area contributed by atoms with Crippen molar-refractivity contribution in [1.29, 1.82) is 5.26 Å². The predicted octanol–water partition coefficient (Wildman–Crippen LogP) is 1.93. The fraction of sp³-hybridized carbons (Fsp3) is 0.385. The fourth-order valence-electron chi connectivity index (χ4n) is 2.43. The van der Waals surface area contributed by atoms with Crippen molar-refractivity contribution in [1.82, 2.24) is 5.32 Å². The van der Waals surface area contributed by atoms with Crippen LogP contribution in [-0.2, 0) is 6.54 Å². The van der Waals surface area contributed by atoms with Gasteiger partial charge in [-0.25, -0.2) is 4.39 Å². The maximum absolute atomic E-state index is 13.8. The van der Waals surface area contributed by atoms with E-state index in [0.717, 1.165) is 19.3 Å². The highest BCUT2D eigenvalue weighted by atomic mass is 19.1. The molecule has 0 saturated heterocycles. The smallest absolute Gasteiger partial charge is 0.252 e. The quantitative estimate of drug-likeness (QED) is 0.836. The van der Waals surface area contributed by atoms with Gasteiger partial charge in [-0.15, -0.1) is 0 Å². The van der Waals surface area contributed by atoms with E-state index in [-0.39, 0.29) is 12.5 Å². The topological polar surface area (TPSA) is 64.9 Å². The summed E-state index contributed by atoms with van der Waals surface area (Å²) < 4.78 is 13.8. The molecule has 1 aliphatic carbocycles. The number of halogens is 1. The zero-order valence-electron chi connectivity index (χ0n) is 9.72. The zero-order valence-corrected chi connectivity index (χ0v) is 9.72. The summed E-state index contributed by atoms with van der Waals surface area (Å²) in [6.07, 6.45) is 2.51. The second kappa shape index (κ2) is 3.70. The van der Waals surface area contributed by atoms with Gasteiger partial charge in [-0.3, -0.25) is 4.79 Å². The maximum Gasteiger partial charge on any atom is 0.252 e. The molecule has 0 unspecified atom stereocenters. The van der Waals surface area contributed by atoms with Crippen LogP contribution in [-0.4, -0.2) is 11.4 Å². The molecule has 1 aromatic carbocycles. The Bertz CT molecular complexity index is 572. The number of carbonyl (C=O) groups is 1. The molecule has 1 amide bonds. The summed E-state index contributed by atoms with van der Waals surface area (Å²) in [6, 6.07) is 5.21. The van der Waals surface area contributed by atoms with Gasteiger partial charge in [0.1, 0.15) is 11.4 Å². The lowest BCUT2D eigenvalue weighted by Crippen LogP contribution is -2.43. The van der Waals surface area contributed by atoms with Crippen LogP contribution in [0.25, 0.3) is 0 Å². The largest absolute Gasteiger partial charge is 0.367 e. The summed E-state index contributed by atoms with van der Waals surface area (Å²) >= 11 is 0. The van der Waals surface area contributed by atoms with Crippen molar-refractivity contribution in [3.05, 3.63) is 29.1 Å². The first kappa shape index (κ1) is 11.0. The monoisotopic (exact) mass is 245 g/mol. The molecule has 0 radical (unpaired) electrons. The van der Waals surface area contributed by atoms with Gasteiger partial charge in [-0.05, 0) is 31.4 Å². The van der Waals surface area contributed by atoms with E-state index in [1.54, 1.807) is 6.07 Å². The molecule has 18 heavy (non-hydrogen) atoms. The molecule has 1 heterocycles. The minimum absolute atomic E-state index is 0.240. The molecule has 1 saturated carbocycles. The fourth-order valence-corrected chi connectivity index (χ4v) is 2.43. The molecule has 0 atom stereocenters. The summed E-state index contributed by atoms with van der Waals surface area (Å²) in [7, 11) is 0. The molecule has 2 aliphatic rings. The van der Waals surface area contributed by atoms with Crippen LogP contribution < -0.4 is 10.6 Å². The number of nitrogens with one attached hydrogen (secondary N) is 2. The van der Waals surface area contributed by atoms with E-state index in [1.807, 2.05) is 0 Å². The SMILES string of the molecule is N#CC1(Nc2cc(F)c3c(c2)C(=O)NC3)CCC1. The highest BCUT2D eigenvalue weighted by Gasteiger charge is 2.37. The van der Waals surface area contributed by atoms with Gasteiger partial charge in [0.05, 0.1) is 6.07 Å². The van der Waals surface area contributed by atoms with Crippen molar-refractivity contribution in [2.75, 3.05) is 5.32 Å². The van der Waals surface area contributed by atoms with Crippen molar-refractivity contribution in [2.24, 2.45) is 0 Å². The van der Waals surface area contributed by atoms with E-state index in [0.29, 0.717) is 16.8 Å². The molecule has 92 valence electrons. The van der Waals surface area contributed by atoms with Crippen LogP contribution in [0.5, 0.6) is 0 Å². The number of hydrogen-bond donors (Lipinski definition) is 2. The van der Waals surface area contributed by atoms with E-state index in [4.69, 9.17) is 5.26 Å². The number of hydrogen-bond acceptors (Lipinski definition) is 3. The van der Waals surface area contributed by atoms with Gasteiger partial charge in [0, 0.05) is 23.4 Å². The van der Waals surface area contributed by atoms with Gasteiger partial charge in [-0.2, -0.15) is 5.26 Å². The molecule has 1 aliphatic heterocycles. The van der Waals surface area contributed by atoms with E-state index >= 15 is 0 Å². The van der Waals surface area contributed by atoms with E-state index in [9.17, 15) is 9.18 Å². The molecule has 0 spiro atoms. The Morgan fingerprint density at radius 1 is 1.44 bits per heavy atom. The third-order valence-electron chi connectivity index (χ3n) is 3.67. The number of amides is 1. The lowest BCUT2D eigenvalue weighted by atomic mass is 9.78. The highest BCUT2D eigenvalue weighted by Crippen LogP contribution is 2.35. The minimum atomic E-state index is -0.588. The van der Waals surface area contributed by atoms with Crippen LogP contribution in [0.4, 0.5) is 10.1 Å². The number of rotatable bonds is 2. The molecular formula is C13H12FN3O. The molecule has 5 heteroatoms. The first-order valence-electron chi connectivity index (χ1n) is 5.94. The Hall–Kier alpha value is -2.09.